The van der Waals surface area contributed by atoms with Crippen molar-refractivity contribution in [2.24, 2.45) is 0 Å². The maximum Gasteiger partial charge on any atom is 0.305 e. The molecule has 0 aliphatic heterocycles. The number of amides is 1. The van der Waals surface area contributed by atoms with E-state index in [2.05, 4.69) is 11.9 Å². The molecule has 0 radical (unpaired) electrons. The van der Waals surface area contributed by atoms with Gasteiger partial charge in [-0.15, -0.1) is 17.9 Å². The van der Waals surface area contributed by atoms with Crippen LogP contribution in [0, 0.1) is 6.92 Å². The molecule has 1 aromatic carbocycles. The molecule has 0 fully saturated rings. The minimum atomic E-state index is -0.270. The van der Waals surface area contributed by atoms with Crippen molar-refractivity contribution in [3.05, 3.63) is 58.9 Å². The van der Waals surface area contributed by atoms with Crippen LogP contribution in [-0.2, 0) is 20.9 Å². The molecule has 2 aromatic heterocycles. The fourth-order valence-corrected chi connectivity index (χ4v) is 5.40. The Morgan fingerprint density at radius 3 is 2.76 bits per heavy atom. The van der Waals surface area contributed by atoms with Crippen LogP contribution in [-0.4, -0.2) is 40.3 Å². The van der Waals surface area contributed by atoms with Gasteiger partial charge in [-0.05, 0) is 31.4 Å². The molecule has 0 saturated heterocycles. The number of aromatic nitrogens is 2. The van der Waals surface area contributed by atoms with Gasteiger partial charge >= 0.3 is 5.97 Å². The van der Waals surface area contributed by atoms with Crippen LogP contribution in [0.15, 0.2) is 52.9 Å². The Hall–Kier alpha value is -2.91. The lowest BCUT2D eigenvalue weighted by molar-refractivity contribution is -0.143. The number of aryl methyl sites for hydroxylation is 1. The fraction of sp³-hybridized carbons (Fsp3) is 0.333. The monoisotopic (exact) mass is 485 g/mol. The number of rotatable bonds is 11. The first-order valence-electron chi connectivity index (χ1n) is 10.7. The number of fused-ring (bicyclic) bond motifs is 1. The van der Waals surface area contributed by atoms with Gasteiger partial charge in [0.1, 0.15) is 4.83 Å². The smallest absolute Gasteiger partial charge is 0.305 e. The number of benzene rings is 1. The molecule has 3 rings (SSSR count). The summed E-state index contributed by atoms with van der Waals surface area (Å²) >= 11 is 2.70. The molecule has 0 unspecified atom stereocenters. The number of nitrogens with zero attached hydrogens (tertiary/aromatic N) is 2. The van der Waals surface area contributed by atoms with E-state index in [1.165, 1.54) is 23.1 Å². The molecule has 0 spiro atoms. The van der Waals surface area contributed by atoms with Crippen LogP contribution in [0.25, 0.3) is 20.7 Å². The third kappa shape index (κ3) is 6.11. The average Bonchev–Trinajstić information content (AvgIpc) is 3.14. The van der Waals surface area contributed by atoms with Gasteiger partial charge in [-0.2, -0.15) is 0 Å². The SMILES string of the molecule is C=CCn1c(SCC(=O)NCCCC(=O)OCC)nc2sc(-c3ccccc3)c(C)c2c1=O. The number of carbonyl (C=O) groups is 2. The van der Waals surface area contributed by atoms with E-state index < -0.39 is 0 Å². The van der Waals surface area contributed by atoms with E-state index in [9.17, 15) is 14.4 Å². The molecule has 1 amide bonds. The molecule has 0 aliphatic carbocycles. The average molecular weight is 486 g/mol. The normalized spacial score (nSPS) is 10.8. The van der Waals surface area contributed by atoms with E-state index in [0.717, 1.165) is 16.0 Å². The van der Waals surface area contributed by atoms with Crippen molar-refractivity contribution in [1.82, 2.24) is 14.9 Å². The summed E-state index contributed by atoms with van der Waals surface area (Å²) in [5.41, 5.74) is 1.82. The minimum Gasteiger partial charge on any atom is -0.466 e. The summed E-state index contributed by atoms with van der Waals surface area (Å²) in [6.07, 6.45) is 2.42. The van der Waals surface area contributed by atoms with Crippen LogP contribution in [0.5, 0.6) is 0 Å². The number of hydrogen-bond donors (Lipinski definition) is 1. The second kappa shape index (κ2) is 11.8. The molecule has 3 aromatic rings. The quantitative estimate of drug-likeness (QED) is 0.144. The summed E-state index contributed by atoms with van der Waals surface area (Å²) < 4.78 is 6.43. The molecule has 0 aliphatic rings. The van der Waals surface area contributed by atoms with Crippen molar-refractivity contribution in [2.75, 3.05) is 18.9 Å². The highest BCUT2D eigenvalue weighted by molar-refractivity contribution is 7.99. The largest absolute Gasteiger partial charge is 0.466 e. The summed E-state index contributed by atoms with van der Waals surface area (Å²) in [5.74, 6) is -0.339. The summed E-state index contributed by atoms with van der Waals surface area (Å²) in [7, 11) is 0. The van der Waals surface area contributed by atoms with Crippen molar-refractivity contribution in [1.29, 1.82) is 0 Å². The summed E-state index contributed by atoms with van der Waals surface area (Å²) in [6.45, 7) is 8.50. The number of carbonyl (C=O) groups excluding carboxylic acids is 2. The van der Waals surface area contributed by atoms with Crippen molar-refractivity contribution < 1.29 is 14.3 Å². The summed E-state index contributed by atoms with van der Waals surface area (Å²) in [4.78, 5) is 43.3. The Morgan fingerprint density at radius 1 is 1.30 bits per heavy atom. The van der Waals surface area contributed by atoms with Crippen LogP contribution in [0.2, 0.25) is 0 Å². The van der Waals surface area contributed by atoms with Gasteiger partial charge in [0.15, 0.2) is 5.16 Å². The first-order valence-corrected chi connectivity index (χ1v) is 12.5. The van der Waals surface area contributed by atoms with Crippen LogP contribution < -0.4 is 10.9 Å². The Balaban J connectivity index is 1.76. The number of thiophene rings is 1. The maximum atomic E-state index is 13.3. The Bertz CT molecular complexity index is 1200. The fourth-order valence-electron chi connectivity index (χ4n) is 3.34. The van der Waals surface area contributed by atoms with Gasteiger partial charge in [-0.1, -0.05) is 48.2 Å². The van der Waals surface area contributed by atoms with Crippen molar-refractivity contribution in [3.63, 3.8) is 0 Å². The van der Waals surface area contributed by atoms with Crippen molar-refractivity contribution in [3.8, 4) is 10.4 Å². The van der Waals surface area contributed by atoms with Gasteiger partial charge in [0.2, 0.25) is 5.91 Å². The van der Waals surface area contributed by atoms with Crippen molar-refractivity contribution in [2.45, 2.75) is 38.4 Å². The molecule has 9 heteroatoms. The second-order valence-corrected chi connectivity index (χ2v) is 9.19. The molecular formula is C24H27N3O4S2. The van der Waals surface area contributed by atoms with Crippen LogP contribution in [0.1, 0.15) is 25.3 Å². The molecule has 174 valence electrons. The predicted octanol–water partition coefficient (Wildman–Crippen LogP) is 4.17. The molecule has 1 N–H and O–H groups in total. The maximum absolute atomic E-state index is 13.3. The van der Waals surface area contributed by atoms with Crippen LogP contribution >= 0.6 is 23.1 Å². The third-order valence-electron chi connectivity index (χ3n) is 4.88. The first-order chi connectivity index (χ1) is 16.0. The number of ether oxygens (including phenoxy) is 1. The van der Waals surface area contributed by atoms with Crippen LogP contribution in [0.4, 0.5) is 0 Å². The van der Waals surface area contributed by atoms with Gasteiger partial charge in [0, 0.05) is 24.4 Å². The highest BCUT2D eigenvalue weighted by Crippen LogP contribution is 2.36. The number of esters is 1. The van der Waals surface area contributed by atoms with E-state index >= 15 is 0 Å². The third-order valence-corrected chi connectivity index (χ3v) is 7.09. The number of nitrogens with one attached hydrogen (secondary N) is 1. The zero-order valence-electron chi connectivity index (χ0n) is 18.8. The molecule has 2 heterocycles. The van der Waals surface area contributed by atoms with Crippen molar-refractivity contribution >= 4 is 45.2 Å². The van der Waals surface area contributed by atoms with Gasteiger partial charge in [0.25, 0.3) is 5.56 Å². The van der Waals surface area contributed by atoms with E-state index in [-0.39, 0.29) is 29.6 Å². The molecule has 0 atom stereocenters. The van der Waals surface area contributed by atoms with E-state index in [1.54, 1.807) is 17.6 Å². The minimum absolute atomic E-state index is 0.115. The number of allylic oxidation sites excluding steroid dienone is 1. The highest BCUT2D eigenvalue weighted by Gasteiger charge is 2.19. The number of thioether (sulfide) groups is 1. The number of hydrogen-bond acceptors (Lipinski definition) is 7. The standard InChI is InChI=1S/C24H27N3O4S2/c1-4-14-27-23(30)20-16(3)21(17-10-7-6-8-11-17)33-22(20)26-24(27)32-15-18(28)25-13-9-12-19(29)31-5-2/h4,6-8,10-11H,1,5,9,12-15H2,2-3H3,(H,25,28). The summed E-state index contributed by atoms with van der Waals surface area (Å²) in [6, 6.07) is 9.92. The van der Waals surface area contributed by atoms with Gasteiger partial charge < -0.3 is 10.1 Å². The van der Waals surface area contributed by atoms with Gasteiger partial charge in [-0.25, -0.2) is 4.98 Å². The van der Waals surface area contributed by atoms with Gasteiger partial charge in [-0.3, -0.25) is 19.0 Å². The highest BCUT2D eigenvalue weighted by atomic mass is 32.2. The lowest BCUT2D eigenvalue weighted by Gasteiger charge is -2.10. The zero-order chi connectivity index (χ0) is 23.8. The first kappa shape index (κ1) is 24.7. The Labute approximate surface area is 200 Å². The van der Waals surface area contributed by atoms with E-state index in [4.69, 9.17) is 9.72 Å². The van der Waals surface area contributed by atoms with Crippen LogP contribution in [0.3, 0.4) is 0 Å². The molecule has 0 bridgehead atoms. The summed E-state index contributed by atoms with van der Waals surface area (Å²) in [5, 5.41) is 3.87. The Morgan fingerprint density at radius 2 is 2.06 bits per heavy atom. The van der Waals surface area contributed by atoms with Gasteiger partial charge in [0.05, 0.1) is 17.7 Å². The molecule has 0 saturated carbocycles. The molecule has 7 nitrogen and oxygen atoms in total. The van der Waals surface area contributed by atoms with E-state index in [1.807, 2.05) is 37.3 Å². The predicted molar refractivity (Wildman–Crippen MR) is 134 cm³/mol. The lowest BCUT2D eigenvalue weighted by atomic mass is 10.1. The second-order valence-electron chi connectivity index (χ2n) is 7.25. The topological polar surface area (TPSA) is 90.3 Å². The molecule has 33 heavy (non-hydrogen) atoms. The zero-order valence-corrected chi connectivity index (χ0v) is 20.4. The molecular weight excluding hydrogens is 458 g/mol. The lowest BCUT2D eigenvalue weighted by Crippen LogP contribution is -2.28. The van der Waals surface area contributed by atoms with E-state index in [0.29, 0.717) is 41.5 Å². The Kier molecular flexibility index (Phi) is 8.85.